The van der Waals surface area contributed by atoms with Crippen LogP contribution in [-0.2, 0) is 6.54 Å². The molecular formula is C16H13N3OS. The maximum atomic E-state index is 12.1. The van der Waals surface area contributed by atoms with E-state index in [9.17, 15) is 4.79 Å². The average Bonchev–Trinajstić information content (AvgIpc) is 3.08. The molecule has 3 rings (SSSR count). The van der Waals surface area contributed by atoms with Gasteiger partial charge in [-0.3, -0.25) is 9.78 Å². The summed E-state index contributed by atoms with van der Waals surface area (Å²) in [5, 5.41) is 5.74. The van der Waals surface area contributed by atoms with Crippen LogP contribution in [0.25, 0.3) is 10.6 Å². The highest BCUT2D eigenvalue weighted by molar-refractivity contribution is 7.13. The molecule has 0 aliphatic carbocycles. The van der Waals surface area contributed by atoms with Crippen molar-refractivity contribution in [1.82, 2.24) is 15.3 Å². The molecule has 0 aliphatic heterocycles. The van der Waals surface area contributed by atoms with Crippen LogP contribution in [0.15, 0.2) is 60.2 Å². The maximum absolute atomic E-state index is 12.1. The summed E-state index contributed by atoms with van der Waals surface area (Å²) in [4.78, 5) is 20.5. The highest BCUT2D eigenvalue weighted by Crippen LogP contribution is 2.21. The van der Waals surface area contributed by atoms with E-state index in [2.05, 4.69) is 15.3 Å². The number of hydrogen-bond acceptors (Lipinski definition) is 4. The number of aromatic nitrogens is 2. The van der Waals surface area contributed by atoms with E-state index in [0.29, 0.717) is 12.1 Å². The van der Waals surface area contributed by atoms with Crippen molar-refractivity contribution in [3.63, 3.8) is 0 Å². The molecule has 1 N–H and O–H groups in total. The zero-order valence-electron chi connectivity index (χ0n) is 11.2. The molecule has 0 spiro atoms. The monoisotopic (exact) mass is 295 g/mol. The molecule has 4 nitrogen and oxygen atoms in total. The lowest BCUT2D eigenvalue weighted by Gasteiger charge is -2.05. The Balaban J connectivity index is 1.65. The Bertz CT molecular complexity index is 709. The third-order valence-corrected chi connectivity index (χ3v) is 3.80. The summed E-state index contributed by atoms with van der Waals surface area (Å²) in [7, 11) is 0. The summed E-state index contributed by atoms with van der Waals surface area (Å²) < 4.78 is 0. The van der Waals surface area contributed by atoms with Crippen LogP contribution in [0, 0.1) is 0 Å². The first-order valence-electron chi connectivity index (χ1n) is 6.51. The summed E-state index contributed by atoms with van der Waals surface area (Å²) in [5.41, 5.74) is 2.49. The van der Waals surface area contributed by atoms with E-state index >= 15 is 0 Å². The van der Waals surface area contributed by atoms with Crippen molar-refractivity contribution in [1.29, 1.82) is 0 Å². The molecule has 1 amide bonds. The van der Waals surface area contributed by atoms with Gasteiger partial charge in [0.25, 0.3) is 5.91 Å². The van der Waals surface area contributed by atoms with E-state index in [1.54, 1.807) is 23.7 Å². The molecule has 0 fully saturated rings. The number of nitrogens with zero attached hydrogens (tertiary/aromatic N) is 2. The van der Waals surface area contributed by atoms with E-state index in [1.807, 2.05) is 47.8 Å². The lowest BCUT2D eigenvalue weighted by molar-refractivity contribution is 0.0950. The Labute approximate surface area is 126 Å². The Kier molecular flexibility index (Phi) is 4.02. The number of amides is 1. The number of benzene rings is 1. The largest absolute Gasteiger partial charge is 0.346 e. The first-order chi connectivity index (χ1) is 10.3. The van der Waals surface area contributed by atoms with Crippen LogP contribution in [0.1, 0.15) is 16.1 Å². The van der Waals surface area contributed by atoms with Crippen LogP contribution < -0.4 is 5.32 Å². The summed E-state index contributed by atoms with van der Waals surface area (Å²) >= 11 is 1.58. The average molecular weight is 295 g/mol. The van der Waals surface area contributed by atoms with Crippen LogP contribution in [0.5, 0.6) is 0 Å². The number of pyridine rings is 1. The highest BCUT2D eigenvalue weighted by atomic mass is 32.1. The zero-order valence-corrected chi connectivity index (χ0v) is 12.0. The van der Waals surface area contributed by atoms with Gasteiger partial charge in [-0.15, -0.1) is 11.3 Å². The van der Waals surface area contributed by atoms with Crippen LogP contribution in [-0.4, -0.2) is 15.9 Å². The van der Waals surface area contributed by atoms with Gasteiger partial charge in [-0.05, 0) is 24.3 Å². The number of rotatable bonds is 4. The molecule has 0 aliphatic rings. The van der Waals surface area contributed by atoms with Crippen molar-refractivity contribution in [3.8, 4) is 10.6 Å². The van der Waals surface area contributed by atoms with Gasteiger partial charge < -0.3 is 5.32 Å². The van der Waals surface area contributed by atoms with Gasteiger partial charge in [-0.25, -0.2) is 4.98 Å². The van der Waals surface area contributed by atoms with Gasteiger partial charge in [0.15, 0.2) is 0 Å². The molecule has 5 heteroatoms. The van der Waals surface area contributed by atoms with E-state index in [-0.39, 0.29) is 5.91 Å². The van der Waals surface area contributed by atoms with Gasteiger partial charge in [0.2, 0.25) is 0 Å². The van der Waals surface area contributed by atoms with Gasteiger partial charge >= 0.3 is 0 Å². The second-order valence-electron chi connectivity index (χ2n) is 4.42. The van der Waals surface area contributed by atoms with E-state index in [0.717, 1.165) is 16.3 Å². The lowest BCUT2D eigenvalue weighted by Crippen LogP contribution is -2.23. The Morgan fingerprint density at radius 3 is 2.57 bits per heavy atom. The zero-order chi connectivity index (χ0) is 14.5. The second kappa shape index (κ2) is 6.28. The maximum Gasteiger partial charge on any atom is 0.251 e. The van der Waals surface area contributed by atoms with Gasteiger partial charge in [0.05, 0.1) is 12.2 Å². The standard InChI is InChI=1S/C16H13N3OS/c20-15(19-11-14-3-1-2-8-17-14)12-4-6-13(7-5-12)16-18-9-10-21-16/h1-10H,11H2,(H,19,20). The number of carbonyl (C=O) groups excluding carboxylic acids is 1. The molecule has 0 saturated carbocycles. The van der Waals surface area contributed by atoms with Crippen LogP contribution in [0.4, 0.5) is 0 Å². The summed E-state index contributed by atoms with van der Waals surface area (Å²) in [6, 6.07) is 13.1. The fourth-order valence-corrected chi connectivity index (χ4v) is 2.55. The fourth-order valence-electron chi connectivity index (χ4n) is 1.91. The van der Waals surface area contributed by atoms with E-state index in [4.69, 9.17) is 0 Å². The Hall–Kier alpha value is -2.53. The predicted octanol–water partition coefficient (Wildman–Crippen LogP) is 3.14. The third kappa shape index (κ3) is 3.32. The summed E-state index contributed by atoms with van der Waals surface area (Å²) in [5.74, 6) is -0.105. The fraction of sp³-hybridized carbons (Fsp3) is 0.0625. The van der Waals surface area contributed by atoms with Crippen LogP contribution in [0.3, 0.4) is 0 Å². The van der Waals surface area contributed by atoms with Crippen molar-refractivity contribution in [2.24, 2.45) is 0 Å². The van der Waals surface area contributed by atoms with Crippen molar-refractivity contribution >= 4 is 17.2 Å². The SMILES string of the molecule is O=C(NCc1ccccn1)c1ccc(-c2nccs2)cc1. The molecule has 2 heterocycles. The molecule has 1 aromatic carbocycles. The smallest absolute Gasteiger partial charge is 0.251 e. The number of nitrogens with one attached hydrogen (secondary N) is 1. The molecular weight excluding hydrogens is 282 g/mol. The van der Waals surface area contributed by atoms with Gasteiger partial charge in [-0.2, -0.15) is 0 Å². The normalized spacial score (nSPS) is 10.3. The molecule has 3 aromatic rings. The second-order valence-corrected chi connectivity index (χ2v) is 5.31. The topological polar surface area (TPSA) is 54.9 Å². The summed E-state index contributed by atoms with van der Waals surface area (Å²) in [6.07, 6.45) is 3.48. The minimum absolute atomic E-state index is 0.105. The van der Waals surface area contributed by atoms with Crippen LogP contribution in [0.2, 0.25) is 0 Å². The van der Waals surface area contributed by atoms with Crippen molar-refractivity contribution in [2.45, 2.75) is 6.54 Å². The van der Waals surface area contributed by atoms with Crippen molar-refractivity contribution in [3.05, 3.63) is 71.5 Å². The Morgan fingerprint density at radius 2 is 1.90 bits per heavy atom. The first-order valence-corrected chi connectivity index (χ1v) is 7.39. The van der Waals surface area contributed by atoms with Crippen LogP contribution >= 0.6 is 11.3 Å². The first kappa shape index (κ1) is 13.5. The minimum Gasteiger partial charge on any atom is -0.346 e. The number of thiazole rings is 1. The molecule has 0 saturated heterocycles. The molecule has 104 valence electrons. The van der Waals surface area contributed by atoms with Crippen molar-refractivity contribution < 1.29 is 4.79 Å². The molecule has 21 heavy (non-hydrogen) atoms. The predicted molar refractivity (Wildman–Crippen MR) is 83.0 cm³/mol. The highest BCUT2D eigenvalue weighted by Gasteiger charge is 2.06. The van der Waals surface area contributed by atoms with Crippen molar-refractivity contribution in [2.75, 3.05) is 0 Å². The van der Waals surface area contributed by atoms with E-state index < -0.39 is 0 Å². The van der Waals surface area contributed by atoms with Gasteiger partial charge in [-0.1, -0.05) is 18.2 Å². The minimum atomic E-state index is -0.105. The molecule has 0 bridgehead atoms. The molecule has 2 aromatic heterocycles. The number of hydrogen-bond donors (Lipinski definition) is 1. The van der Waals surface area contributed by atoms with Gasteiger partial charge in [0.1, 0.15) is 5.01 Å². The molecule has 0 atom stereocenters. The lowest BCUT2D eigenvalue weighted by atomic mass is 10.1. The summed E-state index contributed by atoms with van der Waals surface area (Å²) in [6.45, 7) is 0.425. The number of carbonyl (C=O) groups is 1. The van der Waals surface area contributed by atoms with Gasteiger partial charge in [0, 0.05) is 28.9 Å². The molecule has 0 radical (unpaired) electrons. The Morgan fingerprint density at radius 1 is 1.05 bits per heavy atom. The third-order valence-electron chi connectivity index (χ3n) is 2.98. The van der Waals surface area contributed by atoms with E-state index in [1.165, 1.54) is 0 Å². The molecule has 0 unspecified atom stereocenters. The quantitative estimate of drug-likeness (QED) is 0.804.